The normalized spacial score (nSPS) is 20.5. The molecule has 0 unspecified atom stereocenters. The molecular formula is C35H34N4O5. The van der Waals surface area contributed by atoms with Gasteiger partial charge in [0.1, 0.15) is 12.2 Å². The number of aromatic carboxylic acids is 1. The summed E-state index contributed by atoms with van der Waals surface area (Å²) < 4.78 is 0. The summed E-state index contributed by atoms with van der Waals surface area (Å²) in [5.74, 6) is -1.07. The number of aliphatic hydroxyl groups excluding tert-OH is 2. The van der Waals surface area contributed by atoms with Crippen LogP contribution in [0.5, 0.6) is 0 Å². The SMILES string of the molecule is O=C(O)c1cccc(CN2C(=O)N(Cc3ccc4[nH]ncc4c3)[C@H](Cc3ccccc3)[C@H](O)[C@@H](O)[C@H]2Cc2ccccc2)c1. The smallest absolute Gasteiger partial charge is 0.335 e. The van der Waals surface area contributed by atoms with Crippen molar-refractivity contribution in [3.8, 4) is 0 Å². The number of nitrogens with zero attached hydrogens (tertiary/aromatic N) is 3. The zero-order valence-corrected chi connectivity index (χ0v) is 24.0. The highest BCUT2D eigenvalue weighted by Gasteiger charge is 2.46. The number of aliphatic hydroxyl groups is 2. The number of carbonyl (C=O) groups excluding carboxylic acids is 1. The minimum Gasteiger partial charge on any atom is -0.478 e. The number of carbonyl (C=O) groups is 2. The zero-order valence-electron chi connectivity index (χ0n) is 24.0. The number of rotatable bonds is 9. The molecule has 9 heteroatoms. The fraction of sp³-hybridized carbons (Fsp3) is 0.229. The number of H-pyrrole nitrogens is 1. The van der Waals surface area contributed by atoms with Crippen molar-refractivity contribution in [2.24, 2.45) is 0 Å². The third kappa shape index (κ3) is 6.20. The molecule has 0 bridgehead atoms. The number of aromatic amines is 1. The first-order valence-electron chi connectivity index (χ1n) is 14.6. The van der Waals surface area contributed by atoms with Crippen LogP contribution < -0.4 is 0 Å². The van der Waals surface area contributed by atoms with E-state index in [2.05, 4.69) is 10.2 Å². The second kappa shape index (κ2) is 12.7. The molecule has 1 aromatic heterocycles. The molecule has 2 amide bonds. The van der Waals surface area contributed by atoms with Crippen LogP contribution in [0.4, 0.5) is 4.79 Å². The molecule has 0 saturated carbocycles. The van der Waals surface area contributed by atoms with E-state index in [-0.39, 0.29) is 24.7 Å². The van der Waals surface area contributed by atoms with E-state index >= 15 is 0 Å². The minimum atomic E-state index is -1.28. The molecule has 5 aromatic rings. The van der Waals surface area contributed by atoms with Crippen molar-refractivity contribution in [2.45, 2.75) is 50.2 Å². The number of amides is 2. The quantitative estimate of drug-likeness (QED) is 0.198. The van der Waals surface area contributed by atoms with Crippen LogP contribution in [0.2, 0.25) is 0 Å². The molecule has 4 N–H and O–H groups in total. The van der Waals surface area contributed by atoms with E-state index in [0.717, 1.165) is 27.6 Å². The molecule has 2 heterocycles. The Morgan fingerprint density at radius 1 is 0.705 bits per heavy atom. The summed E-state index contributed by atoms with van der Waals surface area (Å²) in [5, 5.41) is 41.3. The highest BCUT2D eigenvalue weighted by molar-refractivity contribution is 5.87. The molecule has 0 spiro atoms. The molecule has 1 aliphatic heterocycles. The highest BCUT2D eigenvalue weighted by Crippen LogP contribution is 2.30. The van der Waals surface area contributed by atoms with Crippen molar-refractivity contribution >= 4 is 22.9 Å². The Hall–Kier alpha value is -4.99. The van der Waals surface area contributed by atoms with E-state index in [1.807, 2.05) is 78.9 Å². The van der Waals surface area contributed by atoms with Crippen molar-refractivity contribution in [2.75, 3.05) is 0 Å². The maximum Gasteiger partial charge on any atom is 0.335 e. The standard InChI is InChI=1S/C35H34N4O5/c40-32-30(18-23-8-3-1-4-9-23)38(21-25-12-7-13-27(16-25)34(42)43)35(44)39(22-26-14-15-29-28(17-26)20-36-37-29)31(33(32)41)19-24-10-5-2-6-11-24/h1-17,20,30-33,40-41H,18-19,21-22H2,(H,36,37)(H,42,43)/t30-,31-,32+,33+/m1/s1. The Kier molecular flexibility index (Phi) is 8.40. The first-order valence-corrected chi connectivity index (χ1v) is 14.6. The van der Waals surface area contributed by atoms with Crippen LogP contribution in [0.15, 0.2) is 109 Å². The Labute approximate surface area is 255 Å². The summed E-state index contributed by atoms with van der Waals surface area (Å²) in [5.41, 5.74) is 4.27. The van der Waals surface area contributed by atoms with Gasteiger partial charge in [-0.25, -0.2) is 9.59 Å². The summed E-state index contributed by atoms with van der Waals surface area (Å²) in [6.45, 7) is 0.238. The van der Waals surface area contributed by atoms with E-state index in [1.54, 1.807) is 34.2 Å². The number of fused-ring (bicyclic) bond motifs is 1. The van der Waals surface area contributed by atoms with Crippen LogP contribution in [-0.4, -0.2) is 71.6 Å². The Morgan fingerprint density at radius 3 is 1.82 bits per heavy atom. The lowest BCUT2D eigenvalue weighted by Gasteiger charge is -2.36. The number of urea groups is 1. The van der Waals surface area contributed by atoms with E-state index < -0.39 is 30.3 Å². The summed E-state index contributed by atoms with van der Waals surface area (Å²) >= 11 is 0. The lowest BCUT2D eigenvalue weighted by Crippen LogP contribution is -2.50. The molecule has 224 valence electrons. The van der Waals surface area contributed by atoms with Crippen LogP contribution in [0.3, 0.4) is 0 Å². The van der Waals surface area contributed by atoms with Crippen LogP contribution in [-0.2, 0) is 25.9 Å². The van der Waals surface area contributed by atoms with E-state index in [9.17, 15) is 24.9 Å². The van der Waals surface area contributed by atoms with Gasteiger partial charge in [0.05, 0.1) is 29.4 Å². The number of hydrogen-bond acceptors (Lipinski definition) is 5. The summed E-state index contributed by atoms with van der Waals surface area (Å²) in [6.07, 6.45) is -0.186. The second-order valence-corrected chi connectivity index (χ2v) is 11.3. The molecular weight excluding hydrogens is 556 g/mol. The van der Waals surface area contributed by atoms with Crippen molar-refractivity contribution in [1.82, 2.24) is 20.0 Å². The van der Waals surface area contributed by atoms with Crippen LogP contribution in [0.25, 0.3) is 10.9 Å². The maximum atomic E-state index is 14.8. The predicted molar refractivity (Wildman–Crippen MR) is 166 cm³/mol. The molecule has 6 rings (SSSR count). The van der Waals surface area contributed by atoms with Crippen LogP contribution in [0, 0.1) is 0 Å². The average Bonchev–Trinajstić information content (AvgIpc) is 3.50. The first-order chi connectivity index (χ1) is 21.4. The molecule has 4 atom stereocenters. The fourth-order valence-corrected chi connectivity index (χ4v) is 6.10. The first kappa shape index (κ1) is 29.1. The van der Waals surface area contributed by atoms with Crippen LogP contribution >= 0.6 is 0 Å². The number of carboxylic acids is 1. The van der Waals surface area contributed by atoms with Gasteiger partial charge in [0.15, 0.2) is 0 Å². The van der Waals surface area contributed by atoms with Gasteiger partial charge in [0.2, 0.25) is 0 Å². The third-order valence-corrected chi connectivity index (χ3v) is 8.39. The van der Waals surface area contributed by atoms with E-state index in [0.29, 0.717) is 18.4 Å². The molecule has 9 nitrogen and oxygen atoms in total. The van der Waals surface area contributed by atoms with Gasteiger partial charge in [-0.2, -0.15) is 5.10 Å². The van der Waals surface area contributed by atoms with Crippen molar-refractivity contribution in [3.05, 3.63) is 137 Å². The van der Waals surface area contributed by atoms with Crippen molar-refractivity contribution < 1.29 is 24.9 Å². The summed E-state index contributed by atoms with van der Waals surface area (Å²) in [6, 6.07) is 29.5. The second-order valence-electron chi connectivity index (χ2n) is 11.3. The monoisotopic (exact) mass is 590 g/mol. The average molecular weight is 591 g/mol. The molecule has 0 aliphatic carbocycles. The van der Waals surface area contributed by atoms with Crippen molar-refractivity contribution in [3.63, 3.8) is 0 Å². The van der Waals surface area contributed by atoms with Gasteiger partial charge in [-0.1, -0.05) is 78.9 Å². The molecule has 1 fully saturated rings. The Morgan fingerprint density at radius 2 is 1.25 bits per heavy atom. The number of nitrogens with one attached hydrogen (secondary N) is 1. The van der Waals surface area contributed by atoms with Gasteiger partial charge in [-0.05, 0) is 59.4 Å². The summed E-state index contributed by atoms with van der Waals surface area (Å²) in [4.78, 5) is 29.7. The lowest BCUT2D eigenvalue weighted by molar-refractivity contribution is -0.0408. The number of aromatic nitrogens is 2. The number of benzene rings is 4. The van der Waals surface area contributed by atoms with Gasteiger partial charge in [-0.15, -0.1) is 0 Å². The van der Waals surface area contributed by atoms with Gasteiger partial charge < -0.3 is 25.1 Å². The van der Waals surface area contributed by atoms with Gasteiger partial charge in [0.25, 0.3) is 0 Å². The minimum absolute atomic E-state index is 0.0521. The van der Waals surface area contributed by atoms with Gasteiger partial charge in [0, 0.05) is 18.5 Å². The Balaban J connectivity index is 1.44. The summed E-state index contributed by atoms with van der Waals surface area (Å²) in [7, 11) is 0. The van der Waals surface area contributed by atoms with Crippen molar-refractivity contribution in [1.29, 1.82) is 0 Å². The van der Waals surface area contributed by atoms with Gasteiger partial charge >= 0.3 is 12.0 Å². The zero-order chi connectivity index (χ0) is 30.6. The molecule has 1 aliphatic rings. The largest absolute Gasteiger partial charge is 0.478 e. The van der Waals surface area contributed by atoms with E-state index in [4.69, 9.17) is 0 Å². The fourth-order valence-electron chi connectivity index (χ4n) is 6.10. The highest BCUT2D eigenvalue weighted by atomic mass is 16.4. The maximum absolute atomic E-state index is 14.8. The molecule has 0 radical (unpaired) electrons. The molecule has 44 heavy (non-hydrogen) atoms. The topological polar surface area (TPSA) is 130 Å². The third-order valence-electron chi connectivity index (χ3n) is 8.39. The van der Waals surface area contributed by atoms with E-state index in [1.165, 1.54) is 6.07 Å². The number of hydrogen-bond donors (Lipinski definition) is 4. The molecule has 4 aromatic carbocycles. The lowest BCUT2D eigenvalue weighted by atomic mass is 9.91. The van der Waals surface area contributed by atoms with Gasteiger partial charge in [-0.3, -0.25) is 5.10 Å². The predicted octanol–water partition coefficient (Wildman–Crippen LogP) is 4.64. The van der Waals surface area contributed by atoms with Crippen LogP contribution in [0.1, 0.15) is 32.6 Å². The number of carboxylic acid groups (broad SMARTS) is 1. The molecule has 1 saturated heterocycles. The Bertz CT molecular complexity index is 1740.